The van der Waals surface area contributed by atoms with Gasteiger partial charge < -0.3 is 24.8 Å². The summed E-state index contributed by atoms with van der Waals surface area (Å²) < 4.78 is 16.7. The molecule has 7 nitrogen and oxygen atoms in total. The van der Waals surface area contributed by atoms with E-state index >= 15 is 0 Å². The fourth-order valence-electron chi connectivity index (χ4n) is 2.74. The maximum atomic E-state index is 5.88. The van der Waals surface area contributed by atoms with Crippen LogP contribution in [0.3, 0.4) is 0 Å². The second kappa shape index (κ2) is 15.7. The van der Waals surface area contributed by atoms with E-state index in [0.29, 0.717) is 38.8 Å². The quantitative estimate of drug-likeness (QED) is 0.182. The van der Waals surface area contributed by atoms with Gasteiger partial charge in [-0.25, -0.2) is 9.98 Å². The second-order valence-electron chi connectivity index (χ2n) is 6.82. The molecular formula is C23H35IN4O3. The number of aromatic nitrogens is 1. The molecule has 0 fully saturated rings. The number of nitrogens with zero attached hydrogens (tertiary/aromatic N) is 2. The Labute approximate surface area is 203 Å². The summed E-state index contributed by atoms with van der Waals surface area (Å²) in [5.41, 5.74) is 3.18. The van der Waals surface area contributed by atoms with Gasteiger partial charge in [0.05, 0.1) is 19.8 Å². The maximum absolute atomic E-state index is 5.88. The molecule has 0 bridgehead atoms. The van der Waals surface area contributed by atoms with Crippen LogP contribution in [-0.4, -0.2) is 44.4 Å². The molecule has 2 N–H and O–H groups in total. The zero-order valence-corrected chi connectivity index (χ0v) is 21.3. The lowest BCUT2D eigenvalue weighted by atomic mass is 10.1. The Balaban J connectivity index is 0.00000480. The summed E-state index contributed by atoms with van der Waals surface area (Å²) in [4.78, 5) is 9.03. The SMILES string of the molecule is CCCOc1ncccc1CN=C(NCC)NCc1ccc(C)cc1OCCOC.I. The van der Waals surface area contributed by atoms with E-state index < -0.39 is 0 Å². The van der Waals surface area contributed by atoms with Crippen molar-refractivity contribution in [3.63, 3.8) is 0 Å². The average molecular weight is 542 g/mol. The number of methoxy groups -OCH3 is 1. The molecule has 0 unspecified atom stereocenters. The molecule has 8 heteroatoms. The summed E-state index contributed by atoms with van der Waals surface area (Å²) in [7, 11) is 1.67. The molecule has 0 atom stereocenters. The Kier molecular flexibility index (Phi) is 13.6. The fraction of sp³-hybridized carbons (Fsp3) is 0.478. The van der Waals surface area contributed by atoms with E-state index in [0.717, 1.165) is 41.4 Å². The van der Waals surface area contributed by atoms with Crippen molar-refractivity contribution in [1.29, 1.82) is 0 Å². The van der Waals surface area contributed by atoms with Gasteiger partial charge in [0.1, 0.15) is 12.4 Å². The fourth-order valence-corrected chi connectivity index (χ4v) is 2.74. The maximum Gasteiger partial charge on any atom is 0.218 e. The van der Waals surface area contributed by atoms with Gasteiger partial charge in [0, 0.05) is 37.5 Å². The number of benzene rings is 1. The number of aliphatic imine (C=N–C) groups is 1. The van der Waals surface area contributed by atoms with Crippen molar-refractivity contribution >= 4 is 29.9 Å². The summed E-state index contributed by atoms with van der Waals surface area (Å²) >= 11 is 0. The highest BCUT2D eigenvalue weighted by molar-refractivity contribution is 14.0. The molecule has 2 rings (SSSR count). The van der Waals surface area contributed by atoms with Crippen LogP contribution in [-0.2, 0) is 17.8 Å². The number of hydrogen-bond donors (Lipinski definition) is 2. The van der Waals surface area contributed by atoms with Crippen LogP contribution in [0.15, 0.2) is 41.5 Å². The van der Waals surface area contributed by atoms with Crippen LogP contribution in [0, 0.1) is 6.92 Å². The molecule has 0 spiro atoms. The third-order valence-corrected chi connectivity index (χ3v) is 4.26. The summed E-state index contributed by atoms with van der Waals surface area (Å²) in [5, 5.41) is 6.67. The van der Waals surface area contributed by atoms with Crippen LogP contribution in [0.4, 0.5) is 0 Å². The van der Waals surface area contributed by atoms with Crippen molar-refractivity contribution in [1.82, 2.24) is 15.6 Å². The molecule has 2 aromatic rings. The Hall–Kier alpha value is -2.07. The third-order valence-electron chi connectivity index (χ3n) is 4.26. The molecule has 31 heavy (non-hydrogen) atoms. The topological polar surface area (TPSA) is 77.0 Å². The molecule has 1 aromatic carbocycles. The molecule has 0 amide bonds. The molecule has 0 aliphatic carbocycles. The van der Waals surface area contributed by atoms with E-state index in [1.165, 1.54) is 0 Å². The lowest BCUT2D eigenvalue weighted by Crippen LogP contribution is -2.36. The number of aryl methyl sites for hydroxylation is 1. The molecule has 172 valence electrons. The van der Waals surface area contributed by atoms with Gasteiger partial charge in [0.25, 0.3) is 0 Å². The predicted molar refractivity (Wildman–Crippen MR) is 136 cm³/mol. The van der Waals surface area contributed by atoms with E-state index in [4.69, 9.17) is 19.2 Å². The van der Waals surface area contributed by atoms with E-state index in [1.54, 1.807) is 13.3 Å². The smallest absolute Gasteiger partial charge is 0.218 e. The van der Waals surface area contributed by atoms with Gasteiger partial charge in [0.15, 0.2) is 5.96 Å². The Morgan fingerprint density at radius 1 is 1.03 bits per heavy atom. The van der Waals surface area contributed by atoms with Crippen LogP contribution < -0.4 is 20.1 Å². The normalized spacial score (nSPS) is 10.9. The van der Waals surface area contributed by atoms with Crippen molar-refractivity contribution in [3.05, 3.63) is 53.2 Å². The number of nitrogens with one attached hydrogen (secondary N) is 2. The molecule has 0 aliphatic heterocycles. The first-order chi connectivity index (χ1) is 14.7. The van der Waals surface area contributed by atoms with Crippen molar-refractivity contribution in [3.8, 4) is 11.6 Å². The van der Waals surface area contributed by atoms with Crippen molar-refractivity contribution in [2.45, 2.75) is 40.3 Å². The van der Waals surface area contributed by atoms with Crippen LogP contribution in [0.2, 0.25) is 0 Å². The predicted octanol–water partition coefficient (Wildman–Crippen LogP) is 4.08. The number of rotatable bonds is 12. The summed E-state index contributed by atoms with van der Waals surface area (Å²) in [6.45, 7) is 9.73. The molecule has 1 aromatic heterocycles. The highest BCUT2D eigenvalue weighted by Crippen LogP contribution is 2.20. The Bertz CT molecular complexity index is 802. The number of guanidine groups is 1. The molecular weight excluding hydrogens is 507 g/mol. The van der Waals surface area contributed by atoms with Crippen LogP contribution in [0.25, 0.3) is 0 Å². The van der Waals surface area contributed by atoms with Crippen LogP contribution in [0.5, 0.6) is 11.6 Å². The minimum absolute atomic E-state index is 0. The van der Waals surface area contributed by atoms with Crippen LogP contribution >= 0.6 is 24.0 Å². The Morgan fingerprint density at radius 3 is 2.61 bits per heavy atom. The van der Waals surface area contributed by atoms with Gasteiger partial charge in [-0.1, -0.05) is 25.1 Å². The monoisotopic (exact) mass is 542 g/mol. The first-order valence-electron chi connectivity index (χ1n) is 10.5. The van der Waals surface area contributed by atoms with Gasteiger partial charge in [-0.15, -0.1) is 24.0 Å². The summed E-state index contributed by atoms with van der Waals surface area (Å²) in [6.07, 6.45) is 2.68. The first kappa shape index (κ1) is 27.0. The van der Waals surface area contributed by atoms with Crippen molar-refractivity contribution < 1.29 is 14.2 Å². The average Bonchev–Trinajstić information content (AvgIpc) is 2.76. The second-order valence-corrected chi connectivity index (χ2v) is 6.82. The van der Waals surface area contributed by atoms with Crippen LogP contribution in [0.1, 0.15) is 37.0 Å². The largest absolute Gasteiger partial charge is 0.491 e. The number of ether oxygens (including phenoxy) is 3. The molecule has 1 heterocycles. The number of pyridine rings is 1. The third kappa shape index (κ3) is 9.73. The number of halogens is 1. The van der Waals surface area contributed by atoms with Gasteiger partial charge in [0.2, 0.25) is 5.88 Å². The first-order valence-corrected chi connectivity index (χ1v) is 10.5. The highest BCUT2D eigenvalue weighted by atomic mass is 127. The standard InChI is InChI=1S/C23H34N4O3.HI/c1-5-12-30-22-20(8-7-11-25-22)17-27-23(24-6-2)26-16-19-10-9-18(3)15-21(19)29-14-13-28-4;/h7-11,15H,5-6,12-14,16-17H2,1-4H3,(H2,24,26,27);1H. The van der Waals surface area contributed by atoms with Gasteiger partial charge in [-0.2, -0.15) is 0 Å². The van der Waals surface area contributed by atoms with E-state index in [-0.39, 0.29) is 24.0 Å². The van der Waals surface area contributed by atoms with E-state index in [2.05, 4.69) is 41.6 Å². The van der Waals surface area contributed by atoms with Crippen molar-refractivity contribution in [2.75, 3.05) is 33.5 Å². The van der Waals surface area contributed by atoms with Gasteiger partial charge in [-0.05, 0) is 38.0 Å². The van der Waals surface area contributed by atoms with E-state index in [9.17, 15) is 0 Å². The molecule has 0 saturated carbocycles. The number of hydrogen-bond acceptors (Lipinski definition) is 5. The Morgan fingerprint density at radius 2 is 1.87 bits per heavy atom. The minimum Gasteiger partial charge on any atom is -0.491 e. The molecule has 0 radical (unpaired) electrons. The van der Waals surface area contributed by atoms with Gasteiger partial charge >= 0.3 is 0 Å². The summed E-state index contributed by atoms with van der Waals surface area (Å²) in [6, 6.07) is 10.1. The van der Waals surface area contributed by atoms with E-state index in [1.807, 2.05) is 25.1 Å². The zero-order chi connectivity index (χ0) is 21.6. The minimum atomic E-state index is 0. The zero-order valence-electron chi connectivity index (χ0n) is 18.9. The van der Waals surface area contributed by atoms with Gasteiger partial charge in [-0.3, -0.25) is 0 Å². The lowest BCUT2D eigenvalue weighted by molar-refractivity contribution is 0.145. The lowest BCUT2D eigenvalue weighted by Gasteiger charge is -2.15. The highest BCUT2D eigenvalue weighted by Gasteiger charge is 2.08. The van der Waals surface area contributed by atoms with Crippen molar-refractivity contribution in [2.24, 2.45) is 4.99 Å². The molecule has 0 aliphatic rings. The summed E-state index contributed by atoms with van der Waals surface area (Å²) in [5.74, 6) is 2.23. The molecule has 0 saturated heterocycles.